The minimum atomic E-state index is -0.478. The Morgan fingerprint density at radius 1 is 1.26 bits per heavy atom. The van der Waals surface area contributed by atoms with Crippen molar-refractivity contribution in [2.24, 2.45) is 10.9 Å². The van der Waals surface area contributed by atoms with E-state index in [1.807, 2.05) is 27.8 Å². The lowest BCUT2D eigenvalue weighted by molar-refractivity contribution is -0.0721. The number of nitrogens with zero attached hydrogens (tertiary/aromatic N) is 3. The van der Waals surface area contributed by atoms with E-state index in [1.54, 1.807) is 11.9 Å². The van der Waals surface area contributed by atoms with Gasteiger partial charge in [0.25, 0.3) is 0 Å². The van der Waals surface area contributed by atoms with Gasteiger partial charge in [0.05, 0.1) is 18.8 Å². The summed E-state index contributed by atoms with van der Waals surface area (Å²) in [7, 11) is 3.60. The van der Waals surface area contributed by atoms with Crippen LogP contribution in [-0.4, -0.2) is 93.1 Å². The highest BCUT2D eigenvalue weighted by Gasteiger charge is 2.25. The summed E-state index contributed by atoms with van der Waals surface area (Å²) in [5, 5.41) is 3.47. The van der Waals surface area contributed by atoms with Crippen LogP contribution in [0.3, 0.4) is 0 Å². The van der Waals surface area contributed by atoms with Gasteiger partial charge in [-0.1, -0.05) is 6.92 Å². The number of nitrogens with one attached hydrogen (secondary N) is 1. The first kappa shape index (κ1) is 25.7. The standard InChI is InChI=1S/C23H44N4O4/c1-18(16-26(6)22(28)31-23(2,3)4)15-25-21(24-5)27-12-10-19(11-13-27)30-17-20-9-7-8-14-29-20/h18-20H,7-17H2,1-6H3,(H,24,25). The molecule has 2 saturated heterocycles. The van der Waals surface area contributed by atoms with Crippen LogP contribution in [0.4, 0.5) is 4.79 Å². The molecule has 8 heteroatoms. The molecule has 1 N–H and O–H groups in total. The molecule has 8 nitrogen and oxygen atoms in total. The number of guanidine groups is 1. The first-order valence-electron chi connectivity index (χ1n) is 11.8. The first-order chi connectivity index (χ1) is 14.7. The van der Waals surface area contributed by atoms with Crippen LogP contribution in [0, 0.1) is 5.92 Å². The van der Waals surface area contributed by atoms with E-state index >= 15 is 0 Å². The topological polar surface area (TPSA) is 75.6 Å². The molecule has 0 aromatic carbocycles. The van der Waals surface area contributed by atoms with Crippen LogP contribution in [0.15, 0.2) is 4.99 Å². The van der Waals surface area contributed by atoms with Crippen molar-refractivity contribution in [1.82, 2.24) is 15.1 Å². The minimum absolute atomic E-state index is 0.269. The van der Waals surface area contributed by atoms with Crippen LogP contribution in [-0.2, 0) is 14.2 Å². The normalized spacial score (nSPS) is 22.2. The van der Waals surface area contributed by atoms with Crippen molar-refractivity contribution in [3.05, 3.63) is 0 Å². The number of likely N-dealkylation sites (tertiary alicyclic amines) is 1. The zero-order valence-corrected chi connectivity index (χ0v) is 20.5. The van der Waals surface area contributed by atoms with E-state index in [9.17, 15) is 4.79 Å². The maximum absolute atomic E-state index is 12.2. The highest BCUT2D eigenvalue weighted by molar-refractivity contribution is 5.80. The minimum Gasteiger partial charge on any atom is -0.444 e. The number of hydrogen-bond acceptors (Lipinski definition) is 5. The molecule has 2 aliphatic rings. The van der Waals surface area contributed by atoms with E-state index in [-0.39, 0.29) is 18.1 Å². The number of rotatable bonds is 7. The van der Waals surface area contributed by atoms with E-state index in [0.717, 1.165) is 58.1 Å². The SMILES string of the molecule is CN=C(NCC(C)CN(C)C(=O)OC(C)(C)C)N1CCC(OCC2CCCCO2)CC1. The Kier molecular flexibility index (Phi) is 10.4. The predicted octanol–water partition coefficient (Wildman–Crippen LogP) is 3.11. The van der Waals surface area contributed by atoms with Gasteiger partial charge in [0.2, 0.25) is 0 Å². The van der Waals surface area contributed by atoms with E-state index < -0.39 is 5.60 Å². The monoisotopic (exact) mass is 440 g/mol. The van der Waals surface area contributed by atoms with Crippen molar-refractivity contribution in [2.45, 2.75) is 77.6 Å². The van der Waals surface area contributed by atoms with Gasteiger partial charge in [-0.05, 0) is 58.8 Å². The lowest BCUT2D eigenvalue weighted by atomic mass is 10.1. The summed E-state index contributed by atoms with van der Waals surface area (Å²) >= 11 is 0. The van der Waals surface area contributed by atoms with Gasteiger partial charge in [0.1, 0.15) is 5.60 Å². The number of amides is 1. The number of aliphatic imine (C=N–C) groups is 1. The number of hydrogen-bond donors (Lipinski definition) is 1. The van der Waals surface area contributed by atoms with Crippen LogP contribution >= 0.6 is 0 Å². The molecule has 180 valence electrons. The Labute approximate surface area is 188 Å². The summed E-state index contributed by atoms with van der Waals surface area (Å²) in [6, 6.07) is 0. The molecule has 0 aliphatic carbocycles. The molecule has 2 fully saturated rings. The molecule has 0 saturated carbocycles. The molecule has 2 heterocycles. The first-order valence-corrected chi connectivity index (χ1v) is 11.8. The molecular formula is C23H44N4O4. The third-order valence-electron chi connectivity index (χ3n) is 5.64. The van der Waals surface area contributed by atoms with Gasteiger partial charge < -0.3 is 29.3 Å². The zero-order chi connectivity index (χ0) is 22.9. The molecule has 2 atom stereocenters. The second-order valence-electron chi connectivity index (χ2n) is 9.90. The average molecular weight is 441 g/mol. The summed E-state index contributed by atoms with van der Waals surface area (Å²) in [4.78, 5) is 20.5. The molecule has 0 spiro atoms. The Hall–Kier alpha value is -1.54. The van der Waals surface area contributed by atoms with Gasteiger partial charge in [-0.3, -0.25) is 4.99 Å². The van der Waals surface area contributed by atoms with Gasteiger partial charge in [0.15, 0.2) is 5.96 Å². The highest BCUT2D eigenvalue weighted by atomic mass is 16.6. The van der Waals surface area contributed by atoms with Crippen molar-refractivity contribution >= 4 is 12.1 Å². The van der Waals surface area contributed by atoms with Gasteiger partial charge in [-0.2, -0.15) is 0 Å². The average Bonchev–Trinajstić information content (AvgIpc) is 2.73. The van der Waals surface area contributed by atoms with Crippen molar-refractivity contribution in [1.29, 1.82) is 0 Å². The fourth-order valence-electron chi connectivity index (χ4n) is 3.96. The molecule has 2 rings (SSSR count). The van der Waals surface area contributed by atoms with E-state index in [1.165, 1.54) is 12.8 Å². The second-order valence-corrected chi connectivity index (χ2v) is 9.90. The van der Waals surface area contributed by atoms with Crippen LogP contribution in [0.1, 0.15) is 59.8 Å². The van der Waals surface area contributed by atoms with Crippen LogP contribution < -0.4 is 5.32 Å². The number of carbonyl (C=O) groups is 1. The van der Waals surface area contributed by atoms with Crippen molar-refractivity contribution in [3.8, 4) is 0 Å². The summed E-state index contributed by atoms with van der Waals surface area (Å²) in [6.45, 7) is 12.6. The number of ether oxygens (including phenoxy) is 3. The van der Waals surface area contributed by atoms with E-state index in [0.29, 0.717) is 12.6 Å². The molecule has 0 aromatic heterocycles. The van der Waals surface area contributed by atoms with E-state index in [2.05, 4.69) is 22.1 Å². The van der Waals surface area contributed by atoms with Gasteiger partial charge in [-0.15, -0.1) is 0 Å². The van der Waals surface area contributed by atoms with Crippen molar-refractivity contribution in [2.75, 3.05) is 53.5 Å². The van der Waals surface area contributed by atoms with Gasteiger partial charge >= 0.3 is 6.09 Å². The maximum Gasteiger partial charge on any atom is 0.410 e. The third-order valence-corrected chi connectivity index (χ3v) is 5.64. The van der Waals surface area contributed by atoms with Gasteiger partial charge in [0, 0.05) is 46.9 Å². The summed E-state index contributed by atoms with van der Waals surface area (Å²) in [5.41, 5.74) is -0.478. The lowest BCUT2D eigenvalue weighted by Crippen LogP contribution is -2.48. The van der Waals surface area contributed by atoms with Crippen molar-refractivity contribution < 1.29 is 19.0 Å². The molecule has 2 unspecified atom stereocenters. The van der Waals surface area contributed by atoms with Gasteiger partial charge in [-0.25, -0.2) is 4.79 Å². The fourth-order valence-corrected chi connectivity index (χ4v) is 3.96. The number of carbonyl (C=O) groups excluding carboxylic acids is 1. The predicted molar refractivity (Wildman–Crippen MR) is 124 cm³/mol. The molecule has 0 bridgehead atoms. The Morgan fingerprint density at radius 3 is 2.55 bits per heavy atom. The largest absolute Gasteiger partial charge is 0.444 e. The van der Waals surface area contributed by atoms with E-state index in [4.69, 9.17) is 14.2 Å². The highest BCUT2D eigenvalue weighted by Crippen LogP contribution is 2.18. The molecular weight excluding hydrogens is 396 g/mol. The quantitative estimate of drug-likeness (QED) is 0.484. The summed E-state index contributed by atoms with van der Waals surface area (Å²) in [6.07, 6.45) is 5.86. The maximum atomic E-state index is 12.2. The molecule has 2 aliphatic heterocycles. The Bertz CT molecular complexity index is 564. The molecule has 0 radical (unpaired) electrons. The zero-order valence-electron chi connectivity index (χ0n) is 20.5. The smallest absolute Gasteiger partial charge is 0.410 e. The molecule has 31 heavy (non-hydrogen) atoms. The summed E-state index contributed by atoms with van der Waals surface area (Å²) < 4.78 is 17.3. The summed E-state index contributed by atoms with van der Waals surface area (Å²) in [5.74, 6) is 1.19. The van der Waals surface area contributed by atoms with Crippen LogP contribution in [0.25, 0.3) is 0 Å². The van der Waals surface area contributed by atoms with Crippen LogP contribution in [0.2, 0.25) is 0 Å². The Balaban J connectivity index is 1.66. The fraction of sp³-hybridized carbons (Fsp3) is 0.913. The Morgan fingerprint density at radius 2 is 1.97 bits per heavy atom. The van der Waals surface area contributed by atoms with Crippen LogP contribution in [0.5, 0.6) is 0 Å². The third kappa shape index (κ3) is 9.64. The molecule has 1 amide bonds. The lowest BCUT2D eigenvalue weighted by Gasteiger charge is -2.35. The molecule has 0 aromatic rings. The number of piperidine rings is 1. The van der Waals surface area contributed by atoms with Crippen molar-refractivity contribution in [3.63, 3.8) is 0 Å². The second kappa shape index (κ2) is 12.5.